The summed E-state index contributed by atoms with van der Waals surface area (Å²) in [6.45, 7) is 0.591. The maximum absolute atomic E-state index is 8.49. The molecule has 0 spiro atoms. The molecule has 1 radical (unpaired) electrons. The summed E-state index contributed by atoms with van der Waals surface area (Å²) in [6.07, 6.45) is 1.83. The quantitative estimate of drug-likeness (QED) is 0.150. The van der Waals surface area contributed by atoms with Crippen LogP contribution in [0.3, 0.4) is 0 Å². The van der Waals surface area contributed by atoms with E-state index >= 15 is 0 Å². The van der Waals surface area contributed by atoms with Gasteiger partial charge in [-0.3, -0.25) is 9.73 Å². The van der Waals surface area contributed by atoms with Crippen LogP contribution < -0.4 is 59.4 Å². The van der Waals surface area contributed by atoms with Crippen molar-refractivity contribution < 1.29 is 76.1 Å². The fourth-order valence-corrected chi connectivity index (χ4v) is 6.85. The van der Waals surface area contributed by atoms with E-state index in [1.165, 1.54) is 15.9 Å². The SMILES string of the molecule is [Au].[Cl-].[Cl-].[O-][Cl+3]([O-])([O-])[O-].c1ccc(P(=NCc2ccccn2)(c2ccccc2)c2ccccc2)cc1. The maximum Gasteiger partial charge on any atom is 0.0808 e. The first-order valence-electron chi connectivity index (χ1n) is 9.66. The molecule has 4 rings (SSSR count). The molecule has 0 aliphatic rings. The first-order valence-corrected chi connectivity index (χ1v) is 12.6. The molecule has 0 aliphatic carbocycles. The van der Waals surface area contributed by atoms with Crippen LogP contribution in [-0.4, -0.2) is 4.98 Å². The molecule has 1 heterocycles. The molecule has 0 bridgehead atoms. The van der Waals surface area contributed by atoms with Gasteiger partial charge in [-0.15, -0.1) is 10.2 Å². The summed E-state index contributed by atoms with van der Waals surface area (Å²) in [6, 6.07) is 38.0. The smallest absolute Gasteiger partial charge is 0.0808 e. The van der Waals surface area contributed by atoms with Gasteiger partial charge in [0.25, 0.3) is 0 Å². The van der Waals surface area contributed by atoms with E-state index in [-0.39, 0.29) is 47.2 Å². The Bertz CT molecular complexity index is 1050. The Morgan fingerprint density at radius 3 is 1.26 bits per heavy atom. The summed E-state index contributed by atoms with van der Waals surface area (Å²) in [5.41, 5.74) is 0.990. The van der Waals surface area contributed by atoms with E-state index < -0.39 is 17.3 Å². The van der Waals surface area contributed by atoms with Crippen LogP contribution in [0.4, 0.5) is 0 Å². The van der Waals surface area contributed by atoms with E-state index in [4.69, 9.17) is 23.4 Å². The zero-order valence-electron chi connectivity index (χ0n) is 18.1. The number of hydrogen-bond donors (Lipinski definition) is 0. The molecule has 4 aromatic rings. The van der Waals surface area contributed by atoms with Gasteiger partial charge in [0.15, 0.2) is 0 Å². The Hall–Kier alpha value is -1.51. The molecule has 6 nitrogen and oxygen atoms in total. The topological polar surface area (TPSA) is 117 Å². The second-order valence-electron chi connectivity index (χ2n) is 6.64. The van der Waals surface area contributed by atoms with Gasteiger partial charge in [0.1, 0.15) is 0 Å². The van der Waals surface area contributed by atoms with Gasteiger partial charge < -0.3 is 24.8 Å². The van der Waals surface area contributed by atoms with E-state index in [2.05, 4.69) is 96.0 Å². The third kappa shape index (κ3) is 10.2. The van der Waals surface area contributed by atoms with Crippen molar-refractivity contribution >= 4 is 23.0 Å². The minimum absolute atomic E-state index is 0. The van der Waals surface area contributed by atoms with Crippen molar-refractivity contribution in [2.75, 3.05) is 0 Å². The van der Waals surface area contributed by atoms with Crippen LogP contribution >= 0.6 is 7.05 Å². The minimum atomic E-state index is -4.94. The van der Waals surface area contributed by atoms with E-state index in [9.17, 15) is 0 Å². The number of hydrogen-bond acceptors (Lipinski definition) is 6. The average Bonchev–Trinajstić information content (AvgIpc) is 2.81. The molecule has 11 heteroatoms. The first-order chi connectivity index (χ1) is 15.4. The molecule has 0 fully saturated rings. The van der Waals surface area contributed by atoms with Crippen LogP contribution in [-0.2, 0) is 28.9 Å². The summed E-state index contributed by atoms with van der Waals surface area (Å²) in [5.74, 6) is 0. The summed E-state index contributed by atoms with van der Waals surface area (Å²) >= 11 is 0. The molecule has 0 atom stereocenters. The Morgan fingerprint density at radius 2 is 0.943 bits per heavy atom. The molecule has 0 amide bonds. The molecule has 0 unspecified atom stereocenters. The summed E-state index contributed by atoms with van der Waals surface area (Å²) in [4.78, 5) is 4.49. The molecule has 191 valence electrons. The molecule has 0 saturated heterocycles. The second kappa shape index (κ2) is 16.3. The third-order valence-electron chi connectivity index (χ3n) is 4.56. The minimum Gasteiger partial charge on any atom is -1.00 e. The van der Waals surface area contributed by atoms with Crippen LogP contribution in [0, 0.1) is 10.2 Å². The third-order valence-corrected chi connectivity index (χ3v) is 8.26. The molecule has 3 aromatic carbocycles. The molecule has 35 heavy (non-hydrogen) atoms. The van der Waals surface area contributed by atoms with Gasteiger partial charge in [-0.1, -0.05) is 97.1 Å². The number of halogens is 3. The van der Waals surface area contributed by atoms with Crippen LogP contribution in [0.25, 0.3) is 0 Å². The number of aromatic nitrogens is 1. The van der Waals surface area contributed by atoms with E-state index in [1.807, 2.05) is 24.4 Å². The second-order valence-corrected chi connectivity index (χ2v) is 10.5. The van der Waals surface area contributed by atoms with Gasteiger partial charge in [-0.2, -0.15) is 0 Å². The molecular weight excluding hydrogens is 715 g/mol. The summed E-state index contributed by atoms with van der Waals surface area (Å²) < 4.78 is 39.4. The number of nitrogens with zero attached hydrogens (tertiary/aromatic N) is 2. The normalized spacial score (nSPS) is 10.3. The molecule has 1 aromatic heterocycles. The van der Waals surface area contributed by atoms with Crippen LogP contribution in [0.5, 0.6) is 0 Å². The van der Waals surface area contributed by atoms with Crippen molar-refractivity contribution in [2.24, 2.45) is 4.74 Å². The predicted octanol–water partition coefficient (Wildman–Crippen LogP) is -5.99. The van der Waals surface area contributed by atoms with Crippen molar-refractivity contribution in [3.8, 4) is 0 Å². The number of benzene rings is 3. The molecule has 0 aliphatic heterocycles. The van der Waals surface area contributed by atoms with Crippen molar-refractivity contribution in [1.82, 2.24) is 4.98 Å². The number of pyridine rings is 1. The Balaban J connectivity index is 0.00000132. The van der Waals surface area contributed by atoms with Gasteiger partial charge in [-0.25, -0.2) is 18.6 Å². The summed E-state index contributed by atoms with van der Waals surface area (Å²) in [5, 5.41) is 3.79. The van der Waals surface area contributed by atoms with E-state index in [0.717, 1.165) is 5.69 Å². The van der Waals surface area contributed by atoms with Gasteiger partial charge in [0.2, 0.25) is 0 Å². The largest absolute Gasteiger partial charge is 1.00 e. The van der Waals surface area contributed by atoms with Gasteiger partial charge in [0, 0.05) is 44.5 Å². The van der Waals surface area contributed by atoms with Crippen molar-refractivity contribution in [3.63, 3.8) is 0 Å². The molecule has 0 N–H and O–H groups in total. The van der Waals surface area contributed by atoms with E-state index in [0.29, 0.717) is 6.54 Å². The average molecular weight is 736 g/mol. The molecular formula is C24H21AuCl3N2O4P-3. The van der Waals surface area contributed by atoms with Crippen LogP contribution in [0.2, 0.25) is 0 Å². The maximum atomic E-state index is 8.49. The Kier molecular flexibility index (Phi) is 15.6. The predicted molar refractivity (Wildman–Crippen MR) is 116 cm³/mol. The number of rotatable bonds is 5. The van der Waals surface area contributed by atoms with Crippen molar-refractivity contribution in [2.45, 2.75) is 6.54 Å². The van der Waals surface area contributed by atoms with E-state index in [1.54, 1.807) is 0 Å². The van der Waals surface area contributed by atoms with Gasteiger partial charge in [0.05, 0.1) is 19.3 Å². The Labute approximate surface area is 235 Å². The molecule has 0 saturated carbocycles. The summed E-state index contributed by atoms with van der Waals surface area (Å²) in [7, 11) is -7.08. The Morgan fingerprint density at radius 1 is 0.600 bits per heavy atom. The first kappa shape index (κ1) is 33.5. The fraction of sp³-hybridized carbons (Fsp3) is 0.0417. The fourth-order valence-electron chi connectivity index (χ4n) is 3.29. The van der Waals surface area contributed by atoms with Crippen molar-refractivity contribution in [3.05, 3.63) is 121 Å². The van der Waals surface area contributed by atoms with Gasteiger partial charge >= 0.3 is 0 Å². The van der Waals surface area contributed by atoms with Crippen molar-refractivity contribution in [1.29, 1.82) is 0 Å². The standard InChI is InChI=1S/C24H21N2P.Au.ClHO4.2ClH/c1-4-13-22(14-5-1)27(23-15-6-2-7-16-23,24-17-8-3-9-18-24)26-20-21-12-10-11-19-25-21;;2-1(3,4)5;;/h1-19H,20H2;;(H,2,3,4,5);2*1H/p-3. The van der Waals surface area contributed by atoms with Crippen LogP contribution in [0.15, 0.2) is 120 Å². The monoisotopic (exact) mass is 734 g/mol. The zero-order chi connectivity index (χ0) is 22.9. The zero-order valence-corrected chi connectivity index (χ0v) is 23.4. The van der Waals surface area contributed by atoms with Crippen LogP contribution in [0.1, 0.15) is 5.69 Å². The van der Waals surface area contributed by atoms with Gasteiger partial charge in [-0.05, 0) is 12.1 Å².